The minimum atomic E-state index is 0.316. The van der Waals surface area contributed by atoms with E-state index in [1.807, 2.05) is 31.2 Å². The second-order valence-corrected chi connectivity index (χ2v) is 3.21. The predicted molar refractivity (Wildman–Crippen MR) is 60.7 cm³/mol. The summed E-state index contributed by atoms with van der Waals surface area (Å²) in [6, 6.07) is 7.95. The van der Waals surface area contributed by atoms with E-state index >= 15 is 0 Å². The van der Waals surface area contributed by atoms with E-state index in [4.69, 9.17) is 14.9 Å². The van der Waals surface area contributed by atoms with Crippen LogP contribution in [-0.2, 0) is 11.2 Å². The maximum atomic E-state index is 7.37. The molecule has 0 aliphatic heterocycles. The number of nitrogens with one attached hydrogen (secondary N) is 1. The molecule has 0 bridgehead atoms. The van der Waals surface area contributed by atoms with Crippen LogP contribution in [0.5, 0.6) is 5.75 Å². The number of aryl methyl sites for hydroxylation is 1. The Labute approximate surface area is 90.5 Å². The largest absolute Gasteiger partial charge is 0.494 e. The maximum absolute atomic E-state index is 7.37. The first-order valence-electron chi connectivity index (χ1n) is 5.09. The monoisotopic (exact) mass is 207 g/mol. The van der Waals surface area contributed by atoms with Crippen molar-refractivity contribution in [2.24, 2.45) is 0 Å². The molecule has 82 valence electrons. The molecule has 3 nitrogen and oxygen atoms in total. The molecule has 0 aliphatic rings. The molecule has 1 aromatic carbocycles. The van der Waals surface area contributed by atoms with Crippen molar-refractivity contribution >= 4 is 5.90 Å². The Morgan fingerprint density at radius 2 is 2.20 bits per heavy atom. The summed E-state index contributed by atoms with van der Waals surface area (Å²) in [5, 5.41) is 7.37. The molecule has 0 amide bonds. The molecule has 15 heavy (non-hydrogen) atoms. The van der Waals surface area contributed by atoms with Gasteiger partial charge in [-0.3, -0.25) is 5.41 Å². The van der Waals surface area contributed by atoms with E-state index < -0.39 is 0 Å². The van der Waals surface area contributed by atoms with Gasteiger partial charge in [0.2, 0.25) is 0 Å². The summed E-state index contributed by atoms with van der Waals surface area (Å²) in [7, 11) is 1.53. The summed E-state index contributed by atoms with van der Waals surface area (Å²) in [4.78, 5) is 0. The van der Waals surface area contributed by atoms with Gasteiger partial charge in [-0.05, 0) is 31.0 Å². The average Bonchev–Trinajstić information content (AvgIpc) is 2.27. The van der Waals surface area contributed by atoms with Crippen LogP contribution in [0.4, 0.5) is 0 Å². The Balaban J connectivity index is 2.53. The van der Waals surface area contributed by atoms with Gasteiger partial charge in [0.15, 0.2) is 5.90 Å². The van der Waals surface area contributed by atoms with Crippen LogP contribution in [-0.4, -0.2) is 19.6 Å². The van der Waals surface area contributed by atoms with Gasteiger partial charge < -0.3 is 9.47 Å². The van der Waals surface area contributed by atoms with Crippen molar-refractivity contribution in [3.05, 3.63) is 29.8 Å². The minimum absolute atomic E-state index is 0.316. The van der Waals surface area contributed by atoms with Crippen LogP contribution in [0.1, 0.15) is 18.9 Å². The van der Waals surface area contributed by atoms with Crippen LogP contribution < -0.4 is 4.74 Å². The van der Waals surface area contributed by atoms with Crippen LogP contribution in [0.3, 0.4) is 0 Å². The number of hydrogen-bond donors (Lipinski definition) is 1. The predicted octanol–water partition coefficient (Wildman–Crippen LogP) is 2.64. The van der Waals surface area contributed by atoms with Gasteiger partial charge in [0, 0.05) is 6.42 Å². The zero-order chi connectivity index (χ0) is 11.1. The third-order valence-corrected chi connectivity index (χ3v) is 2.10. The molecule has 3 heteroatoms. The molecular formula is C12H17NO2. The van der Waals surface area contributed by atoms with Crippen LogP contribution in [0.15, 0.2) is 24.3 Å². The number of ether oxygens (including phenoxy) is 2. The van der Waals surface area contributed by atoms with Crippen molar-refractivity contribution in [2.75, 3.05) is 13.7 Å². The number of benzene rings is 1. The number of methoxy groups -OCH3 is 1. The first-order chi connectivity index (χ1) is 7.26. The lowest BCUT2D eigenvalue weighted by Gasteiger charge is -2.06. The van der Waals surface area contributed by atoms with Gasteiger partial charge in [0.05, 0.1) is 13.7 Å². The lowest BCUT2D eigenvalue weighted by molar-refractivity contribution is 0.340. The molecule has 0 spiro atoms. The molecule has 0 heterocycles. The van der Waals surface area contributed by atoms with E-state index in [1.54, 1.807) is 0 Å². The van der Waals surface area contributed by atoms with Gasteiger partial charge in [0.1, 0.15) is 5.75 Å². The Bertz CT molecular complexity index is 323. The van der Waals surface area contributed by atoms with Crippen molar-refractivity contribution in [1.29, 1.82) is 5.41 Å². The summed E-state index contributed by atoms with van der Waals surface area (Å²) in [5.74, 6) is 1.20. The van der Waals surface area contributed by atoms with Gasteiger partial charge in [-0.25, -0.2) is 0 Å². The topological polar surface area (TPSA) is 42.3 Å². The van der Waals surface area contributed by atoms with Gasteiger partial charge >= 0.3 is 0 Å². The first-order valence-corrected chi connectivity index (χ1v) is 5.09. The second-order valence-electron chi connectivity index (χ2n) is 3.21. The molecule has 1 rings (SSSR count). The lowest BCUT2D eigenvalue weighted by Crippen LogP contribution is -2.01. The van der Waals surface area contributed by atoms with Crippen LogP contribution in [0.25, 0.3) is 0 Å². The maximum Gasteiger partial charge on any atom is 0.180 e. The molecule has 0 aliphatic carbocycles. The third-order valence-electron chi connectivity index (χ3n) is 2.10. The fraction of sp³-hybridized carbons (Fsp3) is 0.417. The molecule has 0 aromatic heterocycles. The van der Waals surface area contributed by atoms with Crippen LogP contribution in [0, 0.1) is 5.41 Å². The fourth-order valence-electron chi connectivity index (χ4n) is 1.32. The average molecular weight is 207 g/mol. The summed E-state index contributed by atoms with van der Waals surface area (Å²) in [6.07, 6.45) is 1.44. The standard InChI is InChI=1S/C12H17NO2/c1-3-15-11-6-4-5-10(9-11)7-8-12(13)14-2/h4-6,9,13H,3,7-8H2,1-2H3. The van der Waals surface area contributed by atoms with Crippen LogP contribution >= 0.6 is 0 Å². The fourth-order valence-corrected chi connectivity index (χ4v) is 1.32. The van der Waals surface area contributed by atoms with Crippen molar-refractivity contribution < 1.29 is 9.47 Å². The first kappa shape index (κ1) is 11.6. The zero-order valence-corrected chi connectivity index (χ0v) is 9.25. The molecule has 0 atom stereocenters. The van der Waals surface area contributed by atoms with E-state index in [0.717, 1.165) is 12.2 Å². The third kappa shape index (κ3) is 4.02. The molecule has 0 saturated heterocycles. The highest BCUT2D eigenvalue weighted by atomic mass is 16.5. The van der Waals surface area contributed by atoms with Gasteiger partial charge in [-0.1, -0.05) is 12.1 Å². The Kier molecular flexibility index (Phi) is 4.68. The van der Waals surface area contributed by atoms with Crippen molar-refractivity contribution in [3.63, 3.8) is 0 Å². The molecule has 0 fully saturated rings. The van der Waals surface area contributed by atoms with E-state index in [9.17, 15) is 0 Å². The highest BCUT2D eigenvalue weighted by Crippen LogP contribution is 2.14. The molecular weight excluding hydrogens is 190 g/mol. The highest BCUT2D eigenvalue weighted by molar-refractivity contribution is 5.72. The zero-order valence-electron chi connectivity index (χ0n) is 9.25. The quantitative estimate of drug-likeness (QED) is 0.595. The van der Waals surface area contributed by atoms with Crippen molar-refractivity contribution in [2.45, 2.75) is 19.8 Å². The number of hydrogen-bond acceptors (Lipinski definition) is 3. The van der Waals surface area contributed by atoms with E-state index in [1.165, 1.54) is 12.7 Å². The second kappa shape index (κ2) is 6.06. The van der Waals surface area contributed by atoms with Gasteiger partial charge in [-0.2, -0.15) is 0 Å². The van der Waals surface area contributed by atoms with Crippen molar-refractivity contribution in [3.8, 4) is 5.75 Å². The summed E-state index contributed by atoms with van der Waals surface area (Å²) in [6.45, 7) is 2.64. The highest BCUT2D eigenvalue weighted by Gasteiger charge is 1.99. The van der Waals surface area contributed by atoms with Crippen LogP contribution in [0.2, 0.25) is 0 Å². The Morgan fingerprint density at radius 1 is 1.40 bits per heavy atom. The molecule has 0 saturated carbocycles. The van der Waals surface area contributed by atoms with Crippen molar-refractivity contribution in [1.82, 2.24) is 0 Å². The summed E-state index contributed by atoms with van der Waals surface area (Å²) in [5.41, 5.74) is 1.17. The Morgan fingerprint density at radius 3 is 2.87 bits per heavy atom. The molecule has 1 N–H and O–H groups in total. The van der Waals surface area contributed by atoms with E-state index in [-0.39, 0.29) is 0 Å². The summed E-state index contributed by atoms with van der Waals surface area (Å²) >= 11 is 0. The number of rotatable bonds is 5. The normalized spacial score (nSPS) is 9.73. The molecule has 0 radical (unpaired) electrons. The minimum Gasteiger partial charge on any atom is -0.494 e. The smallest absolute Gasteiger partial charge is 0.180 e. The molecule has 1 aromatic rings. The van der Waals surface area contributed by atoms with E-state index in [2.05, 4.69) is 0 Å². The Hall–Kier alpha value is -1.51. The summed E-state index contributed by atoms with van der Waals surface area (Å²) < 4.78 is 10.2. The molecule has 0 unspecified atom stereocenters. The van der Waals surface area contributed by atoms with Gasteiger partial charge in [0.25, 0.3) is 0 Å². The SMILES string of the molecule is CCOc1cccc(CCC(=N)OC)c1. The van der Waals surface area contributed by atoms with E-state index in [0.29, 0.717) is 18.9 Å². The van der Waals surface area contributed by atoms with Gasteiger partial charge in [-0.15, -0.1) is 0 Å². The lowest BCUT2D eigenvalue weighted by atomic mass is 10.1.